The maximum Gasteiger partial charge on any atom is 0.116 e. The second-order valence-electron chi connectivity index (χ2n) is 2.69. The molecule has 0 amide bonds. The SMILES string of the molecule is C=C[C@@H](N)c1cc(O)ccc1SC. The highest BCUT2D eigenvalue weighted by atomic mass is 32.2. The second kappa shape index (κ2) is 4.35. The van der Waals surface area contributed by atoms with Crippen molar-refractivity contribution in [1.29, 1.82) is 0 Å². The molecule has 0 aliphatic carbocycles. The van der Waals surface area contributed by atoms with Gasteiger partial charge in [0.25, 0.3) is 0 Å². The summed E-state index contributed by atoms with van der Waals surface area (Å²) in [4.78, 5) is 1.07. The molecule has 0 unspecified atom stereocenters. The molecule has 1 aromatic carbocycles. The Labute approximate surface area is 82.5 Å². The minimum absolute atomic E-state index is 0.213. The Balaban J connectivity index is 3.14. The summed E-state index contributed by atoms with van der Waals surface area (Å²) in [5.41, 5.74) is 6.72. The van der Waals surface area contributed by atoms with Crippen LogP contribution in [0.1, 0.15) is 11.6 Å². The van der Waals surface area contributed by atoms with Crippen LogP contribution in [-0.2, 0) is 0 Å². The monoisotopic (exact) mass is 195 g/mol. The van der Waals surface area contributed by atoms with Crippen LogP contribution in [-0.4, -0.2) is 11.4 Å². The first-order valence-electron chi connectivity index (χ1n) is 3.94. The van der Waals surface area contributed by atoms with Crippen molar-refractivity contribution in [2.75, 3.05) is 6.26 Å². The van der Waals surface area contributed by atoms with Crippen LogP contribution in [0.3, 0.4) is 0 Å². The number of rotatable bonds is 3. The average molecular weight is 195 g/mol. The lowest BCUT2D eigenvalue weighted by Crippen LogP contribution is -2.07. The predicted octanol–water partition coefficient (Wildman–Crippen LogP) is 2.30. The third-order valence-electron chi connectivity index (χ3n) is 1.83. The van der Waals surface area contributed by atoms with Gasteiger partial charge in [0, 0.05) is 10.9 Å². The highest BCUT2D eigenvalue weighted by Gasteiger charge is 2.07. The Morgan fingerprint density at radius 3 is 2.85 bits per heavy atom. The van der Waals surface area contributed by atoms with E-state index in [1.807, 2.05) is 12.3 Å². The quantitative estimate of drug-likeness (QED) is 0.574. The summed E-state index contributed by atoms with van der Waals surface area (Å²) in [7, 11) is 0. The van der Waals surface area contributed by atoms with E-state index >= 15 is 0 Å². The van der Waals surface area contributed by atoms with Crippen LogP contribution >= 0.6 is 11.8 Å². The molecule has 0 radical (unpaired) electrons. The van der Waals surface area contributed by atoms with Gasteiger partial charge in [-0.3, -0.25) is 0 Å². The zero-order valence-electron chi connectivity index (χ0n) is 7.53. The van der Waals surface area contributed by atoms with Crippen LogP contribution in [0.15, 0.2) is 35.7 Å². The molecule has 0 saturated carbocycles. The minimum Gasteiger partial charge on any atom is -0.508 e. The highest BCUT2D eigenvalue weighted by Crippen LogP contribution is 2.28. The van der Waals surface area contributed by atoms with Crippen molar-refractivity contribution in [1.82, 2.24) is 0 Å². The third-order valence-corrected chi connectivity index (χ3v) is 2.64. The molecule has 0 spiro atoms. The Hall–Kier alpha value is -0.930. The summed E-state index contributed by atoms with van der Waals surface area (Å²) in [5.74, 6) is 0.241. The minimum atomic E-state index is -0.213. The van der Waals surface area contributed by atoms with Gasteiger partial charge in [0.15, 0.2) is 0 Å². The molecule has 0 bridgehead atoms. The molecule has 1 rings (SSSR count). The van der Waals surface area contributed by atoms with Gasteiger partial charge in [-0.15, -0.1) is 18.3 Å². The van der Waals surface area contributed by atoms with Crippen molar-refractivity contribution in [2.24, 2.45) is 5.73 Å². The van der Waals surface area contributed by atoms with Gasteiger partial charge in [0.05, 0.1) is 0 Å². The molecule has 1 aromatic rings. The van der Waals surface area contributed by atoms with Crippen molar-refractivity contribution in [2.45, 2.75) is 10.9 Å². The smallest absolute Gasteiger partial charge is 0.116 e. The van der Waals surface area contributed by atoms with Gasteiger partial charge in [-0.05, 0) is 30.0 Å². The molecule has 70 valence electrons. The standard InChI is InChI=1S/C10H13NOS/c1-3-9(11)8-6-7(12)4-5-10(8)13-2/h3-6,9,12H,1,11H2,2H3/t9-/m1/s1. The summed E-state index contributed by atoms with van der Waals surface area (Å²) in [5, 5.41) is 9.28. The van der Waals surface area contributed by atoms with Gasteiger partial charge in [-0.25, -0.2) is 0 Å². The molecular weight excluding hydrogens is 182 g/mol. The lowest BCUT2D eigenvalue weighted by Gasteiger charge is -2.11. The molecule has 0 aliphatic rings. The molecule has 0 saturated heterocycles. The van der Waals surface area contributed by atoms with Crippen molar-refractivity contribution < 1.29 is 5.11 Å². The Bertz CT molecular complexity index is 312. The topological polar surface area (TPSA) is 46.2 Å². The Kier molecular flexibility index (Phi) is 3.39. The molecular formula is C10H13NOS. The van der Waals surface area contributed by atoms with E-state index in [9.17, 15) is 5.11 Å². The fraction of sp³-hybridized carbons (Fsp3) is 0.200. The number of hydrogen-bond acceptors (Lipinski definition) is 3. The molecule has 2 nitrogen and oxygen atoms in total. The Morgan fingerprint density at radius 2 is 2.31 bits per heavy atom. The summed E-state index contributed by atoms with van der Waals surface area (Å²) >= 11 is 1.61. The molecule has 0 aliphatic heterocycles. The van der Waals surface area contributed by atoms with Crippen LogP contribution < -0.4 is 5.73 Å². The molecule has 0 aromatic heterocycles. The van der Waals surface area contributed by atoms with Gasteiger partial charge in [-0.2, -0.15) is 0 Å². The summed E-state index contributed by atoms with van der Waals surface area (Å²) in [6, 6.07) is 4.98. The molecule has 3 N–H and O–H groups in total. The van der Waals surface area contributed by atoms with E-state index in [1.165, 1.54) is 0 Å². The van der Waals surface area contributed by atoms with E-state index in [0.29, 0.717) is 0 Å². The van der Waals surface area contributed by atoms with Crippen molar-refractivity contribution in [3.63, 3.8) is 0 Å². The number of nitrogens with two attached hydrogens (primary N) is 1. The van der Waals surface area contributed by atoms with Gasteiger partial charge in [0.2, 0.25) is 0 Å². The molecule has 0 fully saturated rings. The van der Waals surface area contributed by atoms with Crippen molar-refractivity contribution >= 4 is 11.8 Å². The Morgan fingerprint density at radius 1 is 1.62 bits per heavy atom. The fourth-order valence-corrected chi connectivity index (χ4v) is 1.74. The van der Waals surface area contributed by atoms with Crippen LogP contribution in [0.4, 0.5) is 0 Å². The maximum absolute atomic E-state index is 9.28. The first kappa shape index (κ1) is 10.2. The van der Waals surface area contributed by atoms with Gasteiger partial charge in [0.1, 0.15) is 5.75 Å². The molecule has 3 heteroatoms. The normalized spacial score (nSPS) is 12.5. The number of phenols is 1. The number of benzene rings is 1. The fourth-order valence-electron chi connectivity index (χ4n) is 1.11. The van der Waals surface area contributed by atoms with Crippen LogP contribution in [0.5, 0.6) is 5.75 Å². The summed E-state index contributed by atoms with van der Waals surface area (Å²) in [6.45, 7) is 3.63. The number of aromatic hydroxyl groups is 1. The van der Waals surface area contributed by atoms with E-state index in [-0.39, 0.29) is 11.8 Å². The largest absolute Gasteiger partial charge is 0.508 e. The molecule has 0 heterocycles. The van der Waals surface area contributed by atoms with Gasteiger partial charge >= 0.3 is 0 Å². The van der Waals surface area contributed by atoms with E-state index in [4.69, 9.17) is 5.73 Å². The zero-order valence-corrected chi connectivity index (χ0v) is 8.34. The van der Waals surface area contributed by atoms with E-state index < -0.39 is 0 Å². The van der Waals surface area contributed by atoms with Crippen molar-refractivity contribution in [3.8, 4) is 5.75 Å². The van der Waals surface area contributed by atoms with E-state index in [2.05, 4.69) is 6.58 Å². The van der Waals surface area contributed by atoms with Crippen LogP contribution in [0.2, 0.25) is 0 Å². The van der Waals surface area contributed by atoms with Gasteiger partial charge < -0.3 is 10.8 Å². The third kappa shape index (κ3) is 2.26. The molecule has 1 atom stereocenters. The summed E-state index contributed by atoms with van der Waals surface area (Å²) < 4.78 is 0. The zero-order chi connectivity index (χ0) is 9.84. The van der Waals surface area contributed by atoms with Crippen LogP contribution in [0, 0.1) is 0 Å². The number of hydrogen-bond donors (Lipinski definition) is 2. The van der Waals surface area contributed by atoms with E-state index in [1.54, 1.807) is 30.0 Å². The second-order valence-corrected chi connectivity index (χ2v) is 3.54. The lowest BCUT2D eigenvalue weighted by atomic mass is 10.1. The predicted molar refractivity (Wildman–Crippen MR) is 57.0 cm³/mol. The lowest BCUT2D eigenvalue weighted by molar-refractivity contribution is 0.473. The number of phenolic OH excluding ortho intramolecular Hbond substituents is 1. The molecule has 13 heavy (non-hydrogen) atoms. The van der Waals surface area contributed by atoms with Crippen molar-refractivity contribution in [3.05, 3.63) is 36.4 Å². The van der Waals surface area contributed by atoms with Gasteiger partial charge in [-0.1, -0.05) is 6.08 Å². The van der Waals surface area contributed by atoms with E-state index in [0.717, 1.165) is 10.5 Å². The highest BCUT2D eigenvalue weighted by molar-refractivity contribution is 7.98. The summed E-state index contributed by atoms with van der Waals surface area (Å²) in [6.07, 6.45) is 3.64. The number of thioether (sulfide) groups is 1. The van der Waals surface area contributed by atoms with Crippen LogP contribution in [0.25, 0.3) is 0 Å². The average Bonchev–Trinajstić information content (AvgIpc) is 2.16. The first-order valence-corrected chi connectivity index (χ1v) is 5.16. The maximum atomic E-state index is 9.28. The first-order chi connectivity index (χ1) is 6.19.